The number of carbonyl (C=O) groups is 2. The van der Waals surface area contributed by atoms with E-state index in [9.17, 15) is 9.59 Å². The summed E-state index contributed by atoms with van der Waals surface area (Å²) in [4.78, 5) is 29.5. The molecule has 138 valence electrons. The average molecular weight is 401 g/mol. The standard InChI is InChI=1S/C20H17ClN2O3S/c1-2-26-19(25)18-17(13-8-4-3-5-9-13)23-20(27-18)22-16(24)12-14-10-6-7-11-15(14)21/h3-11H,2,12H2,1H3,(H,22,23,24). The SMILES string of the molecule is CCOC(=O)c1sc(NC(=O)Cc2ccccc2Cl)nc1-c1ccccc1. The minimum atomic E-state index is -0.458. The zero-order chi connectivity index (χ0) is 19.2. The molecule has 5 nitrogen and oxygen atoms in total. The maximum absolute atomic E-state index is 12.4. The Morgan fingerprint density at radius 2 is 1.81 bits per heavy atom. The molecule has 0 saturated heterocycles. The Morgan fingerprint density at radius 3 is 2.52 bits per heavy atom. The Labute approximate surface area is 166 Å². The van der Waals surface area contributed by atoms with Gasteiger partial charge in [0.25, 0.3) is 0 Å². The van der Waals surface area contributed by atoms with Crippen LogP contribution in [-0.4, -0.2) is 23.5 Å². The number of hydrogen-bond acceptors (Lipinski definition) is 5. The van der Waals surface area contributed by atoms with Crippen LogP contribution in [0.25, 0.3) is 11.3 Å². The molecule has 0 radical (unpaired) electrons. The van der Waals surface area contributed by atoms with Gasteiger partial charge in [-0.2, -0.15) is 0 Å². The zero-order valence-corrected chi connectivity index (χ0v) is 16.1. The van der Waals surface area contributed by atoms with Crippen molar-refractivity contribution in [2.24, 2.45) is 0 Å². The maximum Gasteiger partial charge on any atom is 0.350 e. The molecular formula is C20H17ClN2O3S. The highest BCUT2D eigenvalue weighted by atomic mass is 35.5. The van der Waals surface area contributed by atoms with E-state index < -0.39 is 5.97 Å². The monoisotopic (exact) mass is 400 g/mol. The van der Waals surface area contributed by atoms with Gasteiger partial charge in [0.15, 0.2) is 5.13 Å². The number of nitrogens with zero attached hydrogens (tertiary/aromatic N) is 1. The minimum absolute atomic E-state index is 0.120. The quantitative estimate of drug-likeness (QED) is 0.602. The lowest BCUT2D eigenvalue weighted by Gasteiger charge is -2.03. The van der Waals surface area contributed by atoms with Gasteiger partial charge < -0.3 is 10.1 Å². The van der Waals surface area contributed by atoms with Crippen LogP contribution < -0.4 is 5.32 Å². The van der Waals surface area contributed by atoms with Crippen molar-refractivity contribution in [2.75, 3.05) is 11.9 Å². The smallest absolute Gasteiger partial charge is 0.350 e. The number of benzene rings is 2. The number of aromatic nitrogens is 1. The third-order valence-corrected chi connectivity index (χ3v) is 5.01. The van der Waals surface area contributed by atoms with Crippen molar-refractivity contribution in [1.82, 2.24) is 4.98 Å². The van der Waals surface area contributed by atoms with Crippen LogP contribution >= 0.6 is 22.9 Å². The molecule has 0 aliphatic rings. The van der Waals surface area contributed by atoms with Crippen molar-refractivity contribution < 1.29 is 14.3 Å². The number of halogens is 1. The second-order valence-electron chi connectivity index (χ2n) is 5.60. The van der Waals surface area contributed by atoms with Crippen LogP contribution in [0.4, 0.5) is 5.13 Å². The van der Waals surface area contributed by atoms with Gasteiger partial charge in [0, 0.05) is 10.6 Å². The number of amides is 1. The number of hydrogen-bond donors (Lipinski definition) is 1. The van der Waals surface area contributed by atoms with E-state index >= 15 is 0 Å². The summed E-state index contributed by atoms with van der Waals surface area (Å²) in [6, 6.07) is 16.5. The molecule has 3 rings (SSSR count). The predicted molar refractivity (Wildman–Crippen MR) is 107 cm³/mol. The summed E-state index contributed by atoms with van der Waals surface area (Å²) in [6.07, 6.45) is 0.120. The molecule has 1 heterocycles. The lowest BCUT2D eigenvalue weighted by molar-refractivity contribution is -0.115. The normalized spacial score (nSPS) is 10.4. The van der Waals surface area contributed by atoms with Crippen LogP contribution in [0.3, 0.4) is 0 Å². The lowest BCUT2D eigenvalue weighted by Crippen LogP contribution is -2.14. The summed E-state index contributed by atoms with van der Waals surface area (Å²) < 4.78 is 5.12. The molecule has 3 aromatic rings. The second kappa shape index (κ2) is 8.79. The molecular weight excluding hydrogens is 384 g/mol. The highest BCUT2D eigenvalue weighted by Gasteiger charge is 2.21. The average Bonchev–Trinajstić information content (AvgIpc) is 3.08. The topological polar surface area (TPSA) is 68.3 Å². The first-order valence-corrected chi connectivity index (χ1v) is 9.54. The Hall–Kier alpha value is -2.70. The fourth-order valence-electron chi connectivity index (χ4n) is 2.48. The van der Waals surface area contributed by atoms with E-state index in [2.05, 4.69) is 10.3 Å². The van der Waals surface area contributed by atoms with E-state index in [1.54, 1.807) is 19.1 Å². The van der Waals surface area contributed by atoms with Crippen LogP contribution in [0.5, 0.6) is 0 Å². The van der Waals surface area contributed by atoms with E-state index in [1.165, 1.54) is 0 Å². The Bertz CT molecular complexity index is 957. The van der Waals surface area contributed by atoms with Crippen LogP contribution in [0, 0.1) is 0 Å². The zero-order valence-electron chi connectivity index (χ0n) is 14.6. The van der Waals surface area contributed by atoms with E-state index in [1.807, 2.05) is 42.5 Å². The Morgan fingerprint density at radius 1 is 1.11 bits per heavy atom. The first kappa shape index (κ1) is 19.1. The minimum Gasteiger partial charge on any atom is -0.462 e. The highest BCUT2D eigenvalue weighted by Crippen LogP contribution is 2.32. The highest BCUT2D eigenvalue weighted by molar-refractivity contribution is 7.18. The van der Waals surface area contributed by atoms with Crippen molar-refractivity contribution in [1.29, 1.82) is 0 Å². The largest absolute Gasteiger partial charge is 0.462 e. The van der Waals surface area contributed by atoms with Crippen LogP contribution in [0.1, 0.15) is 22.2 Å². The summed E-state index contributed by atoms with van der Waals surface area (Å²) in [5.41, 5.74) is 2.00. The lowest BCUT2D eigenvalue weighted by atomic mass is 10.1. The molecule has 0 bridgehead atoms. The molecule has 0 spiro atoms. The van der Waals surface area contributed by atoms with Gasteiger partial charge in [-0.15, -0.1) is 0 Å². The summed E-state index contributed by atoms with van der Waals surface area (Å²) in [5.74, 6) is -0.715. The number of carbonyl (C=O) groups excluding carboxylic acids is 2. The molecule has 0 fully saturated rings. The van der Waals surface area contributed by atoms with Gasteiger partial charge in [0.1, 0.15) is 4.88 Å². The van der Waals surface area contributed by atoms with Gasteiger partial charge in [-0.1, -0.05) is 71.5 Å². The molecule has 0 aliphatic carbocycles. The molecule has 1 aromatic heterocycles. The van der Waals surface area contributed by atoms with Crippen LogP contribution in [0.2, 0.25) is 5.02 Å². The van der Waals surface area contributed by atoms with Gasteiger partial charge >= 0.3 is 5.97 Å². The van der Waals surface area contributed by atoms with Gasteiger partial charge in [-0.3, -0.25) is 4.79 Å². The predicted octanol–water partition coefficient (Wildman–Crippen LogP) is 4.82. The van der Waals surface area contributed by atoms with Crippen molar-refractivity contribution in [2.45, 2.75) is 13.3 Å². The molecule has 0 saturated carbocycles. The van der Waals surface area contributed by atoms with E-state index in [0.29, 0.717) is 20.7 Å². The molecule has 1 N–H and O–H groups in total. The Balaban J connectivity index is 1.84. The van der Waals surface area contributed by atoms with Crippen LogP contribution in [-0.2, 0) is 16.0 Å². The second-order valence-corrected chi connectivity index (χ2v) is 7.01. The number of esters is 1. The Kier molecular flexibility index (Phi) is 6.21. The van der Waals surface area contributed by atoms with E-state index in [4.69, 9.17) is 16.3 Å². The van der Waals surface area contributed by atoms with Gasteiger partial charge in [-0.05, 0) is 18.6 Å². The fourth-order valence-corrected chi connectivity index (χ4v) is 3.58. The summed E-state index contributed by atoms with van der Waals surface area (Å²) in [6.45, 7) is 2.01. The molecule has 27 heavy (non-hydrogen) atoms. The number of ether oxygens (including phenoxy) is 1. The summed E-state index contributed by atoms with van der Waals surface area (Å²) >= 11 is 7.20. The van der Waals surface area contributed by atoms with Crippen molar-refractivity contribution in [3.63, 3.8) is 0 Å². The summed E-state index contributed by atoms with van der Waals surface area (Å²) in [5, 5.41) is 3.62. The van der Waals surface area contributed by atoms with E-state index in [0.717, 1.165) is 22.5 Å². The molecule has 2 aromatic carbocycles. The number of nitrogens with one attached hydrogen (secondary N) is 1. The first-order chi connectivity index (χ1) is 13.1. The molecule has 0 aliphatic heterocycles. The molecule has 0 unspecified atom stereocenters. The number of thiazole rings is 1. The van der Waals surface area contributed by atoms with Gasteiger partial charge in [0.2, 0.25) is 5.91 Å². The number of anilines is 1. The van der Waals surface area contributed by atoms with Gasteiger partial charge in [-0.25, -0.2) is 9.78 Å². The molecule has 7 heteroatoms. The first-order valence-electron chi connectivity index (χ1n) is 8.35. The van der Waals surface area contributed by atoms with Crippen molar-refractivity contribution in [3.8, 4) is 11.3 Å². The van der Waals surface area contributed by atoms with Gasteiger partial charge in [0.05, 0.1) is 18.7 Å². The molecule has 0 atom stereocenters. The van der Waals surface area contributed by atoms with Crippen LogP contribution in [0.15, 0.2) is 54.6 Å². The number of rotatable bonds is 6. The molecule has 1 amide bonds. The van der Waals surface area contributed by atoms with Crippen molar-refractivity contribution in [3.05, 3.63) is 70.1 Å². The van der Waals surface area contributed by atoms with Crippen molar-refractivity contribution >= 4 is 39.9 Å². The third-order valence-electron chi connectivity index (χ3n) is 3.69. The van der Waals surface area contributed by atoms with E-state index in [-0.39, 0.29) is 18.9 Å². The maximum atomic E-state index is 12.4. The summed E-state index contributed by atoms with van der Waals surface area (Å²) in [7, 11) is 0. The fraction of sp³-hybridized carbons (Fsp3) is 0.150. The third kappa shape index (κ3) is 4.72.